The van der Waals surface area contributed by atoms with E-state index in [-0.39, 0.29) is 12.2 Å². The van der Waals surface area contributed by atoms with Gasteiger partial charge in [0.05, 0.1) is 12.2 Å². The number of carboxylic acids is 1. The van der Waals surface area contributed by atoms with Gasteiger partial charge in [0.1, 0.15) is 5.82 Å². The van der Waals surface area contributed by atoms with Gasteiger partial charge >= 0.3 is 11.7 Å². The van der Waals surface area contributed by atoms with Gasteiger partial charge in [0, 0.05) is 5.02 Å². The van der Waals surface area contributed by atoms with E-state index < -0.39 is 28.7 Å². The molecule has 1 heterocycles. The molecule has 0 radical (unpaired) electrons. The molecule has 132 valence electrons. The Balaban J connectivity index is 2.24. The number of carbonyl (C=O) groups is 1. The van der Waals surface area contributed by atoms with E-state index >= 15 is 0 Å². The molecular weight excluding hydrogens is 365 g/mol. The first-order valence-electron chi connectivity index (χ1n) is 7.34. The predicted molar refractivity (Wildman–Crippen MR) is 91.6 cm³/mol. The zero-order valence-electron chi connectivity index (χ0n) is 13.1. The van der Waals surface area contributed by atoms with Crippen molar-refractivity contribution in [1.29, 1.82) is 0 Å². The van der Waals surface area contributed by atoms with Gasteiger partial charge < -0.3 is 5.11 Å². The molecule has 0 saturated heterocycles. The quantitative estimate of drug-likeness (QED) is 0.752. The molecule has 0 bridgehead atoms. The average molecular weight is 376 g/mol. The Morgan fingerprint density at radius 2 is 1.88 bits per heavy atom. The standard InChI is InChI=1S/C17H11ClFN3O4/c18-11-4-1-3-10(7-11)9-21-15(23)14(16(24)25)20-22(17(21)26)13-6-2-5-12(19)8-13/h1-8H,9H2,(H,24,25). The van der Waals surface area contributed by atoms with Crippen LogP contribution in [0, 0.1) is 5.82 Å². The highest BCUT2D eigenvalue weighted by Crippen LogP contribution is 2.11. The van der Waals surface area contributed by atoms with Crippen LogP contribution in [0.15, 0.2) is 58.1 Å². The monoisotopic (exact) mass is 375 g/mol. The molecule has 0 saturated carbocycles. The molecule has 3 aromatic rings. The van der Waals surface area contributed by atoms with Gasteiger partial charge in [0.2, 0.25) is 5.69 Å². The number of benzene rings is 2. The van der Waals surface area contributed by atoms with Gasteiger partial charge in [-0.3, -0.25) is 9.36 Å². The molecule has 26 heavy (non-hydrogen) atoms. The first-order valence-corrected chi connectivity index (χ1v) is 7.72. The molecule has 0 fully saturated rings. The summed E-state index contributed by atoms with van der Waals surface area (Å²) in [6, 6.07) is 11.3. The van der Waals surface area contributed by atoms with Gasteiger partial charge in [-0.15, -0.1) is 0 Å². The van der Waals surface area contributed by atoms with Crippen molar-refractivity contribution in [3.05, 3.63) is 91.5 Å². The first kappa shape index (κ1) is 17.6. The molecule has 0 aliphatic rings. The normalized spacial score (nSPS) is 10.7. The Kier molecular flexibility index (Phi) is 4.68. The highest BCUT2D eigenvalue weighted by molar-refractivity contribution is 6.30. The van der Waals surface area contributed by atoms with Crippen LogP contribution in [0.5, 0.6) is 0 Å². The molecule has 2 aromatic carbocycles. The van der Waals surface area contributed by atoms with Crippen molar-refractivity contribution < 1.29 is 14.3 Å². The Hall–Kier alpha value is -3.26. The van der Waals surface area contributed by atoms with E-state index in [1.165, 1.54) is 12.1 Å². The molecule has 0 atom stereocenters. The van der Waals surface area contributed by atoms with Crippen LogP contribution >= 0.6 is 11.6 Å². The lowest BCUT2D eigenvalue weighted by Crippen LogP contribution is -2.44. The fourth-order valence-corrected chi connectivity index (χ4v) is 2.60. The zero-order valence-corrected chi connectivity index (χ0v) is 13.9. The lowest BCUT2D eigenvalue weighted by Gasteiger charge is -2.11. The van der Waals surface area contributed by atoms with Gasteiger partial charge in [-0.1, -0.05) is 29.8 Å². The highest BCUT2D eigenvalue weighted by Gasteiger charge is 2.20. The van der Waals surface area contributed by atoms with E-state index in [2.05, 4.69) is 5.10 Å². The molecule has 0 aliphatic carbocycles. The van der Waals surface area contributed by atoms with E-state index in [1.807, 2.05) is 0 Å². The highest BCUT2D eigenvalue weighted by atomic mass is 35.5. The Bertz CT molecular complexity index is 1120. The summed E-state index contributed by atoms with van der Waals surface area (Å²) < 4.78 is 14.9. The molecule has 0 amide bonds. The second kappa shape index (κ2) is 6.93. The molecule has 0 aliphatic heterocycles. The van der Waals surface area contributed by atoms with E-state index in [4.69, 9.17) is 11.6 Å². The third-order valence-corrected chi connectivity index (χ3v) is 3.78. The summed E-state index contributed by atoms with van der Waals surface area (Å²) >= 11 is 5.90. The molecule has 0 unspecified atom stereocenters. The lowest BCUT2D eigenvalue weighted by atomic mass is 10.2. The van der Waals surface area contributed by atoms with Crippen LogP contribution in [0.2, 0.25) is 5.02 Å². The summed E-state index contributed by atoms with van der Waals surface area (Å²) in [7, 11) is 0. The van der Waals surface area contributed by atoms with Crippen LogP contribution in [-0.2, 0) is 6.54 Å². The average Bonchev–Trinajstić information content (AvgIpc) is 2.58. The largest absolute Gasteiger partial charge is 0.476 e. The second-order valence-electron chi connectivity index (χ2n) is 5.35. The van der Waals surface area contributed by atoms with Crippen molar-refractivity contribution in [2.24, 2.45) is 0 Å². The van der Waals surface area contributed by atoms with Crippen molar-refractivity contribution in [3.8, 4) is 5.69 Å². The number of hydrogen-bond acceptors (Lipinski definition) is 4. The molecule has 1 N–H and O–H groups in total. The van der Waals surface area contributed by atoms with Gasteiger partial charge in [0.15, 0.2) is 0 Å². The predicted octanol–water partition coefficient (Wildman–Crippen LogP) is 1.93. The third-order valence-electron chi connectivity index (χ3n) is 3.54. The number of aromatic carboxylic acids is 1. The summed E-state index contributed by atoms with van der Waals surface area (Å²) in [5.74, 6) is -2.24. The fourth-order valence-electron chi connectivity index (χ4n) is 2.38. The van der Waals surface area contributed by atoms with Crippen LogP contribution < -0.4 is 11.2 Å². The second-order valence-corrected chi connectivity index (χ2v) is 5.79. The summed E-state index contributed by atoms with van der Waals surface area (Å²) in [4.78, 5) is 36.4. The van der Waals surface area contributed by atoms with Gasteiger partial charge in [-0.25, -0.2) is 14.0 Å². The minimum Gasteiger partial charge on any atom is -0.476 e. The van der Waals surface area contributed by atoms with Crippen molar-refractivity contribution in [2.75, 3.05) is 0 Å². The summed E-state index contributed by atoms with van der Waals surface area (Å²) in [6.45, 7) is -0.212. The number of aromatic nitrogens is 3. The maximum Gasteiger partial charge on any atom is 0.362 e. The van der Waals surface area contributed by atoms with Crippen molar-refractivity contribution in [2.45, 2.75) is 6.54 Å². The van der Waals surface area contributed by atoms with Crippen LogP contribution in [0.3, 0.4) is 0 Å². The summed E-state index contributed by atoms with van der Waals surface area (Å²) in [6.07, 6.45) is 0. The van der Waals surface area contributed by atoms with Crippen LogP contribution in [0.1, 0.15) is 16.1 Å². The zero-order chi connectivity index (χ0) is 18.8. The minimum atomic E-state index is -1.60. The lowest BCUT2D eigenvalue weighted by molar-refractivity contribution is 0.0684. The fraction of sp³-hybridized carbons (Fsp3) is 0.0588. The Morgan fingerprint density at radius 3 is 2.54 bits per heavy atom. The van der Waals surface area contributed by atoms with Crippen LogP contribution in [0.25, 0.3) is 5.69 Å². The van der Waals surface area contributed by atoms with Crippen molar-refractivity contribution >= 4 is 17.6 Å². The topological polar surface area (TPSA) is 94.2 Å². The molecule has 1 aromatic heterocycles. The maximum atomic E-state index is 13.5. The number of nitrogens with zero attached hydrogens (tertiary/aromatic N) is 3. The maximum absolute atomic E-state index is 13.5. The first-order chi connectivity index (χ1) is 12.4. The molecule has 0 spiro atoms. The van der Waals surface area contributed by atoms with Crippen LogP contribution in [0.4, 0.5) is 4.39 Å². The number of carboxylic acid groups (broad SMARTS) is 1. The molecule has 3 rings (SSSR count). The van der Waals surface area contributed by atoms with Gasteiger partial charge in [0.25, 0.3) is 5.56 Å². The third kappa shape index (κ3) is 3.40. The van der Waals surface area contributed by atoms with E-state index in [0.717, 1.165) is 12.1 Å². The van der Waals surface area contributed by atoms with E-state index in [9.17, 15) is 23.9 Å². The van der Waals surface area contributed by atoms with Crippen molar-refractivity contribution in [1.82, 2.24) is 14.3 Å². The van der Waals surface area contributed by atoms with Crippen LogP contribution in [-0.4, -0.2) is 25.4 Å². The smallest absolute Gasteiger partial charge is 0.362 e. The Morgan fingerprint density at radius 1 is 1.15 bits per heavy atom. The molecule has 7 nitrogen and oxygen atoms in total. The Labute approximate surface area is 150 Å². The van der Waals surface area contributed by atoms with Crippen molar-refractivity contribution in [3.63, 3.8) is 0 Å². The number of halogens is 2. The van der Waals surface area contributed by atoms with Gasteiger partial charge in [-0.05, 0) is 35.9 Å². The van der Waals surface area contributed by atoms with E-state index in [0.29, 0.717) is 19.8 Å². The molecule has 9 heteroatoms. The molecular formula is C17H11ClFN3O4. The van der Waals surface area contributed by atoms with Gasteiger partial charge in [-0.2, -0.15) is 9.78 Å². The van der Waals surface area contributed by atoms with E-state index in [1.54, 1.807) is 24.3 Å². The number of rotatable bonds is 4. The SMILES string of the molecule is O=C(O)c1nn(-c2cccc(F)c2)c(=O)n(Cc2cccc(Cl)c2)c1=O. The summed E-state index contributed by atoms with van der Waals surface area (Å²) in [5.41, 5.74) is -2.29. The summed E-state index contributed by atoms with van der Waals surface area (Å²) in [5, 5.41) is 13.2. The minimum absolute atomic E-state index is 0.00246. The number of hydrogen-bond donors (Lipinski definition) is 1.